The fourth-order valence-electron chi connectivity index (χ4n) is 3.21. The van der Waals surface area contributed by atoms with Crippen molar-refractivity contribution in [1.29, 1.82) is 0 Å². The van der Waals surface area contributed by atoms with Crippen molar-refractivity contribution in [2.45, 2.75) is 59.3 Å². The molecule has 0 spiro atoms. The average Bonchev–Trinajstić information content (AvgIpc) is 2.46. The van der Waals surface area contributed by atoms with E-state index < -0.39 is 0 Å². The lowest BCUT2D eigenvalue weighted by Gasteiger charge is -2.25. The minimum Gasteiger partial charge on any atom is -0.397 e. The molecule has 2 heteroatoms. The van der Waals surface area contributed by atoms with Gasteiger partial charge in [0, 0.05) is 5.56 Å². The molecule has 0 saturated carbocycles. The molecular weight excluding hydrogens is 268 g/mol. The summed E-state index contributed by atoms with van der Waals surface area (Å²) in [5.41, 5.74) is 13.1. The second-order valence-corrected chi connectivity index (χ2v) is 6.97. The van der Waals surface area contributed by atoms with E-state index >= 15 is 0 Å². The van der Waals surface area contributed by atoms with Crippen molar-refractivity contribution in [3.8, 4) is 11.3 Å². The minimum absolute atomic E-state index is 0.463. The van der Waals surface area contributed by atoms with Gasteiger partial charge in [0.05, 0.1) is 17.6 Å². The Bertz CT molecular complexity index is 638. The van der Waals surface area contributed by atoms with Gasteiger partial charge in [0.25, 0.3) is 0 Å². The summed E-state index contributed by atoms with van der Waals surface area (Å²) in [6.07, 6.45) is 1.74. The zero-order valence-corrected chi connectivity index (χ0v) is 14.6. The van der Waals surface area contributed by atoms with Crippen molar-refractivity contribution in [2.24, 2.45) is 0 Å². The first-order chi connectivity index (χ1) is 10.3. The molecule has 0 radical (unpaired) electrons. The van der Waals surface area contributed by atoms with Crippen molar-refractivity contribution in [1.82, 2.24) is 4.98 Å². The molecule has 0 aliphatic carbocycles. The van der Waals surface area contributed by atoms with Crippen LogP contribution >= 0.6 is 0 Å². The van der Waals surface area contributed by atoms with Crippen LogP contribution in [-0.2, 0) is 0 Å². The Kier molecular flexibility index (Phi) is 4.90. The molecule has 2 aromatic rings. The number of benzene rings is 1. The number of hydrogen-bond acceptors (Lipinski definition) is 2. The van der Waals surface area contributed by atoms with Gasteiger partial charge < -0.3 is 5.73 Å². The third-order valence-corrected chi connectivity index (χ3v) is 4.16. The van der Waals surface area contributed by atoms with Gasteiger partial charge in [-0.05, 0) is 46.6 Å². The van der Waals surface area contributed by atoms with Crippen molar-refractivity contribution in [3.05, 3.63) is 47.2 Å². The van der Waals surface area contributed by atoms with E-state index in [9.17, 15) is 0 Å². The third-order valence-electron chi connectivity index (χ3n) is 4.16. The first kappa shape index (κ1) is 16.5. The number of aromatic nitrogens is 1. The van der Waals surface area contributed by atoms with Gasteiger partial charge in [-0.3, -0.25) is 4.98 Å². The number of rotatable bonds is 4. The molecule has 118 valence electrons. The number of hydrogen-bond donors (Lipinski definition) is 1. The molecule has 0 saturated heterocycles. The van der Waals surface area contributed by atoms with Crippen molar-refractivity contribution in [3.63, 3.8) is 0 Å². The van der Waals surface area contributed by atoms with E-state index in [0.29, 0.717) is 23.4 Å². The van der Waals surface area contributed by atoms with Crippen LogP contribution in [0.3, 0.4) is 0 Å². The van der Waals surface area contributed by atoms with Crippen molar-refractivity contribution in [2.75, 3.05) is 5.73 Å². The van der Waals surface area contributed by atoms with Crippen LogP contribution in [0.2, 0.25) is 0 Å². The summed E-state index contributed by atoms with van der Waals surface area (Å²) < 4.78 is 0. The van der Waals surface area contributed by atoms with Gasteiger partial charge in [0.2, 0.25) is 0 Å². The zero-order chi connectivity index (χ0) is 16.4. The summed E-state index contributed by atoms with van der Waals surface area (Å²) in [5.74, 6) is 1.50. The lowest BCUT2D eigenvalue weighted by atomic mass is 9.80. The molecular formula is C20H28N2. The Morgan fingerprint density at radius 2 is 1.41 bits per heavy atom. The van der Waals surface area contributed by atoms with Crippen LogP contribution < -0.4 is 5.73 Å². The number of nitrogens with two attached hydrogens (primary N) is 1. The summed E-state index contributed by atoms with van der Waals surface area (Å²) in [6, 6.07) is 8.46. The highest BCUT2D eigenvalue weighted by atomic mass is 14.7. The van der Waals surface area contributed by atoms with Crippen LogP contribution in [0.25, 0.3) is 11.3 Å². The second kappa shape index (κ2) is 6.51. The molecule has 2 rings (SSSR count). The average molecular weight is 296 g/mol. The molecule has 22 heavy (non-hydrogen) atoms. The van der Waals surface area contributed by atoms with Crippen LogP contribution in [0.15, 0.2) is 30.5 Å². The number of pyridine rings is 1. The van der Waals surface area contributed by atoms with E-state index in [-0.39, 0.29) is 0 Å². The van der Waals surface area contributed by atoms with Crippen LogP contribution in [0.5, 0.6) is 0 Å². The number of nitrogens with zero attached hydrogens (tertiary/aromatic N) is 1. The van der Waals surface area contributed by atoms with E-state index in [2.05, 4.69) is 58.7 Å². The quantitative estimate of drug-likeness (QED) is 0.785. The molecule has 0 amide bonds. The lowest BCUT2D eigenvalue weighted by molar-refractivity contribution is 0.749. The molecule has 0 bridgehead atoms. The van der Waals surface area contributed by atoms with E-state index in [1.54, 1.807) is 6.20 Å². The highest BCUT2D eigenvalue weighted by Crippen LogP contribution is 2.39. The molecule has 2 N–H and O–H groups in total. The molecule has 0 atom stereocenters. The monoisotopic (exact) mass is 296 g/mol. The van der Waals surface area contributed by atoms with Gasteiger partial charge in [-0.1, -0.05) is 53.7 Å². The first-order valence-electron chi connectivity index (χ1n) is 8.21. The molecule has 1 heterocycles. The van der Waals surface area contributed by atoms with Crippen LogP contribution in [0, 0.1) is 0 Å². The van der Waals surface area contributed by atoms with E-state index in [1.807, 2.05) is 12.1 Å². The Balaban J connectivity index is 2.75. The number of nitrogen functional groups attached to an aromatic ring is 1. The fraction of sp³-hybridized carbons (Fsp3) is 0.450. The summed E-state index contributed by atoms with van der Waals surface area (Å²) in [4.78, 5) is 4.54. The smallest absolute Gasteiger partial charge is 0.0706 e. The summed E-state index contributed by atoms with van der Waals surface area (Å²) in [7, 11) is 0. The topological polar surface area (TPSA) is 38.9 Å². The third kappa shape index (κ3) is 3.16. The SMILES string of the molecule is CC(C)c1ccc(-c2ccc(N)cn2)c(C(C)C)c1C(C)C. The molecule has 0 aliphatic heterocycles. The molecule has 0 fully saturated rings. The van der Waals surface area contributed by atoms with Gasteiger partial charge in [0.15, 0.2) is 0 Å². The highest BCUT2D eigenvalue weighted by Gasteiger charge is 2.21. The van der Waals surface area contributed by atoms with E-state index in [1.165, 1.54) is 22.3 Å². The Morgan fingerprint density at radius 3 is 1.86 bits per heavy atom. The highest BCUT2D eigenvalue weighted by molar-refractivity contribution is 5.69. The predicted octanol–water partition coefficient (Wildman–Crippen LogP) is 5.70. The maximum absolute atomic E-state index is 5.78. The molecule has 0 aliphatic rings. The zero-order valence-electron chi connectivity index (χ0n) is 14.6. The maximum atomic E-state index is 5.78. The van der Waals surface area contributed by atoms with Crippen molar-refractivity contribution < 1.29 is 0 Å². The maximum Gasteiger partial charge on any atom is 0.0706 e. The minimum atomic E-state index is 0.463. The summed E-state index contributed by atoms with van der Waals surface area (Å²) in [6.45, 7) is 13.7. The fourth-order valence-corrected chi connectivity index (χ4v) is 3.21. The molecule has 1 aromatic heterocycles. The predicted molar refractivity (Wildman–Crippen MR) is 96.4 cm³/mol. The van der Waals surface area contributed by atoms with Crippen LogP contribution in [-0.4, -0.2) is 4.98 Å². The number of anilines is 1. The second-order valence-electron chi connectivity index (χ2n) is 6.97. The van der Waals surface area contributed by atoms with E-state index in [4.69, 9.17) is 5.73 Å². The van der Waals surface area contributed by atoms with Gasteiger partial charge >= 0.3 is 0 Å². The van der Waals surface area contributed by atoms with Crippen molar-refractivity contribution >= 4 is 5.69 Å². The Labute approximate surface area is 134 Å². The van der Waals surface area contributed by atoms with Crippen LogP contribution in [0.1, 0.15) is 76.0 Å². The van der Waals surface area contributed by atoms with Gasteiger partial charge in [-0.2, -0.15) is 0 Å². The molecule has 1 aromatic carbocycles. The first-order valence-corrected chi connectivity index (χ1v) is 8.21. The Hall–Kier alpha value is -1.83. The van der Waals surface area contributed by atoms with Gasteiger partial charge in [0.1, 0.15) is 0 Å². The standard InChI is InChI=1S/C20H28N2/c1-12(2)16-8-9-17(18-10-7-15(21)11-22-18)20(14(5)6)19(16)13(3)4/h7-14H,21H2,1-6H3. The van der Waals surface area contributed by atoms with Gasteiger partial charge in [-0.15, -0.1) is 0 Å². The molecule has 2 nitrogen and oxygen atoms in total. The van der Waals surface area contributed by atoms with E-state index in [0.717, 1.165) is 5.69 Å². The summed E-state index contributed by atoms with van der Waals surface area (Å²) >= 11 is 0. The largest absolute Gasteiger partial charge is 0.397 e. The van der Waals surface area contributed by atoms with Crippen LogP contribution in [0.4, 0.5) is 5.69 Å². The van der Waals surface area contributed by atoms with Gasteiger partial charge in [-0.25, -0.2) is 0 Å². The Morgan fingerprint density at radius 1 is 0.773 bits per heavy atom. The lowest BCUT2D eigenvalue weighted by Crippen LogP contribution is -2.08. The summed E-state index contributed by atoms with van der Waals surface area (Å²) in [5, 5.41) is 0. The molecule has 0 unspecified atom stereocenters. The normalized spacial score (nSPS) is 11.7.